The first-order chi connectivity index (χ1) is 7.88. The Bertz CT molecular complexity index is 399. The van der Waals surface area contributed by atoms with Gasteiger partial charge in [-0.3, -0.25) is 0 Å². The van der Waals surface area contributed by atoms with Gasteiger partial charge in [0.25, 0.3) is 0 Å². The molecule has 0 aromatic heterocycles. The van der Waals surface area contributed by atoms with Crippen LogP contribution in [0, 0.1) is 23.2 Å². The number of fused-ring (bicyclic) bond motifs is 3. The molecule has 1 aliphatic heterocycles. The second-order valence-electron chi connectivity index (χ2n) is 6.06. The zero-order valence-corrected chi connectivity index (χ0v) is 9.65. The first-order valence-electron chi connectivity index (χ1n) is 6.63. The molecule has 1 saturated heterocycles. The number of hydrogen-bond donors (Lipinski definition) is 1. The molecule has 0 spiro atoms. The normalized spacial score (nSPS) is 44.1. The number of benzene rings is 1. The molecule has 0 amide bonds. The molecule has 84 valence electrons. The minimum atomic E-state index is 0.704. The van der Waals surface area contributed by atoms with Crippen LogP contribution in [0.15, 0.2) is 30.3 Å². The Labute approximate surface area is 97.2 Å². The van der Waals surface area contributed by atoms with Crippen LogP contribution in [0.2, 0.25) is 0 Å². The van der Waals surface area contributed by atoms with E-state index in [1.807, 2.05) is 0 Å². The van der Waals surface area contributed by atoms with Crippen molar-refractivity contribution in [1.82, 2.24) is 5.32 Å². The van der Waals surface area contributed by atoms with Crippen LogP contribution in [0.5, 0.6) is 0 Å². The lowest BCUT2D eigenvalue weighted by atomic mass is 9.82. The number of rotatable bonds is 2. The predicted molar refractivity (Wildman–Crippen MR) is 65.2 cm³/mol. The van der Waals surface area contributed by atoms with Gasteiger partial charge in [0.1, 0.15) is 0 Å². The summed E-state index contributed by atoms with van der Waals surface area (Å²) in [5.74, 6) is 3.05. The Morgan fingerprint density at radius 1 is 1.19 bits per heavy atom. The van der Waals surface area contributed by atoms with Crippen molar-refractivity contribution in [2.75, 3.05) is 13.1 Å². The van der Waals surface area contributed by atoms with E-state index >= 15 is 0 Å². The van der Waals surface area contributed by atoms with E-state index in [2.05, 4.69) is 35.6 Å². The van der Waals surface area contributed by atoms with Gasteiger partial charge >= 0.3 is 0 Å². The first kappa shape index (κ1) is 9.23. The summed E-state index contributed by atoms with van der Waals surface area (Å²) in [6.07, 6.45) is 4.34. The van der Waals surface area contributed by atoms with Crippen molar-refractivity contribution >= 4 is 0 Å². The lowest BCUT2D eigenvalue weighted by Crippen LogP contribution is -2.22. The highest BCUT2D eigenvalue weighted by molar-refractivity contribution is 5.24. The molecule has 0 radical (unpaired) electrons. The van der Waals surface area contributed by atoms with Crippen LogP contribution < -0.4 is 5.32 Å². The minimum Gasteiger partial charge on any atom is -0.316 e. The maximum atomic E-state index is 3.59. The SMILES string of the molecule is c1ccc(CC23CC2CC2CNCC23)cc1. The van der Waals surface area contributed by atoms with E-state index in [0.717, 1.165) is 17.8 Å². The van der Waals surface area contributed by atoms with Crippen LogP contribution in [-0.2, 0) is 6.42 Å². The van der Waals surface area contributed by atoms with E-state index in [-0.39, 0.29) is 0 Å². The summed E-state index contributed by atoms with van der Waals surface area (Å²) in [5.41, 5.74) is 2.26. The molecule has 4 rings (SSSR count). The number of nitrogens with one attached hydrogen (secondary N) is 1. The Morgan fingerprint density at radius 3 is 2.94 bits per heavy atom. The molecule has 0 bridgehead atoms. The van der Waals surface area contributed by atoms with E-state index in [4.69, 9.17) is 0 Å². The molecule has 3 aliphatic rings. The van der Waals surface area contributed by atoms with Gasteiger partial charge in [0.2, 0.25) is 0 Å². The Kier molecular flexibility index (Phi) is 1.79. The van der Waals surface area contributed by atoms with Crippen molar-refractivity contribution < 1.29 is 0 Å². The summed E-state index contributed by atoms with van der Waals surface area (Å²) >= 11 is 0. The van der Waals surface area contributed by atoms with Crippen LogP contribution in [0.1, 0.15) is 18.4 Å². The monoisotopic (exact) mass is 213 g/mol. The first-order valence-corrected chi connectivity index (χ1v) is 6.63. The van der Waals surface area contributed by atoms with Crippen LogP contribution in [-0.4, -0.2) is 13.1 Å². The fourth-order valence-electron chi connectivity index (χ4n) is 4.51. The summed E-state index contributed by atoms with van der Waals surface area (Å²) < 4.78 is 0. The van der Waals surface area contributed by atoms with Crippen molar-refractivity contribution in [3.63, 3.8) is 0 Å². The third-order valence-corrected chi connectivity index (χ3v) is 5.32. The van der Waals surface area contributed by atoms with Gasteiger partial charge in [-0.1, -0.05) is 30.3 Å². The van der Waals surface area contributed by atoms with E-state index in [9.17, 15) is 0 Å². The molecule has 1 N–H and O–H groups in total. The number of hydrogen-bond acceptors (Lipinski definition) is 1. The van der Waals surface area contributed by atoms with Crippen LogP contribution in [0.4, 0.5) is 0 Å². The van der Waals surface area contributed by atoms with E-state index in [1.165, 1.54) is 32.4 Å². The Morgan fingerprint density at radius 2 is 2.06 bits per heavy atom. The van der Waals surface area contributed by atoms with Gasteiger partial charge in [-0.15, -0.1) is 0 Å². The van der Waals surface area contributed by atoms with Crippen LogP contribution in [0.3, 0.4) is 0 Å². The average molecular weight is 213 g/mol. The van der Waals surface area contributed by atoms with Gasteiger partial charge in [0, 0.05) is 0 Å². The predicted octanol–water partition coefficient (Wildman–Crippen LogP) is 2.47. The maximum Gasteiger partial charge on any atom is -0.00117 e. The van der Waals surface area contributed by atoms with Gasteiger partial charge in [-0.25, -0.2) is 0 Å². The highest BCUT2D eigenvalue weighted by Crippen LogP contribution is 2.70. The third-order valence-electron chi connectivity index (χ3n) is 5.32. The molecule has 2 saturated carbocycles. The van der Waals surface area contributed by atoms with E-state index in [0.29, 0.717) is 5.41 Å². The van der Waals surface area contributed by atoms with Gasteiger partial charge < -0.3 is 5.32 Å². The van der Waals surface area contributed by atoms with Gasteiger partial charge in [-0.05, 0) is 61.1 Å². The van der Waals surface area contributed by atoms with Crippen molar-refractivity contribution in [2.45, 2.75) is 19.3 Å². The molecule has 1 heteroatoms. The second kappa shape index (κ2) is 3.10. The summed E-state index contributed by atoms with van der Waals surface area (Å²) in [4.78, 5) is 0. The second-order valence-corrected chi connectivity index (χ2v) is 6.06. The van der Waals surface area contributed by atoms with Crippen LogP contribution in [0.25, 0.3) is 0 Å². The van der Waals surface area contributed by atoms with E-state index in [1.54, 1.807) is 5.56 Å². The molecular weight excluding hydrogens is 194 g/mol. The Hall–Kier alpha value is -0.820. The lowest BCUT2D eigenvalue weighted by Gasteiger charge is -2.22. The van der Waals surface area contributed by atoms with Crippen molar-refractivity contribution in [2.24, 2.45) is 23.2 Å². The van der Waals surface area contributed by atoms with E-state index < -0.39 is 0 Å². The minimum absolute atomic E-state index is 0.704. The standard InChI is InChI=1S/C15H19N/c1-2-4-11(5-3-1)7-15-8-13(15)6-12-9-16-10-14(12)15/h1-5,12-14,16H,6-10H2. The largest absolute Gasteiger partial charge is 0.316 e. The molecule has 1 nitrogen and oxygen atoms in total. The smallest absolute Gasteiger partial charge is 0.00117 e. The molecule has 16 heavy (non-hydrogen) atoms. The Balaban J connectivity index is 1.60. The fourth-order valence-corrected chi connectivity index (χ4v) is 4.51. The van der Waals surface area contributed by atoms with Crippen molar-refractivity contribution in [3.05, 3.63) is 35.9 Å². The van der Waals surface area contributed by atoms with Gasteiger partial charge in [-0.2, -0.15) is 0 Å². The lowest BCUT2D eigenvalue weighted by molar-refractivity contribution is 0.308. The molecule has 1 heterocycles. The zero-order chi connectivity index (χ0) is 10.6. The zero-order valence-electron chi connectivity index (χ0n) is 9.65. The van der Waals surface area contributed by atoms with Crippen LogP contribution >= 0.6 is 0 Å². The molecule has 4 unspecified atom stereocenters. The summed E-state index contributed by atoms with van der Waals surface area (Å²) in [6.45, 7) is 2.58. The molecule has 3 fully saturated rings. The van der Waals surface area contributed by atoms with Crippen molar-refractivity contribution in [3.8, 4) is 0 Å². The maximum absolute atomic E-state index is 3.59. The molecule has 1 aromatic carbocycles. The van der Waals surface area contributed by atoms with Gasteiger partial charge in [0.15, 0.2) is 0 Å². The fraction of sp³-hybridized carbons (Fsp3) is 0.600. The summed E-state index contributed by atoms with van der Waals surface area (Å²) in [7, 11) is 0. The molecule has 2 aliphatic carbocycles. The summed E-state index contributed by atoms with van der Waals surface area (Å²) in [5, 5.41) is 3.59. The summed E-state index contributed by atoms with van der Waals surface area (Å²) in [6, 6.07) is 11.1. The topological polar surface area (TPSA) is 12.0 Å². The third kappa shape index (κ3) is 1.15. The highest BCUT2D eigenvalue weighted by atomic mass is 15.0. The average Bonchev–Trinajstić information content (AvgIpc) is 2.71. The van der Waals surface area contributed by atoms with Gasteiger partial charge in [0.05, 0.1) is 0 Å². The molecule has 1 aromatic rings. The highest BCUT2D eigenvalue weighted by Gasteiger charge is 2.66. The quantitative estimate of drug-likeness (QED) is 0.796. The molecule has 4 atom stereocenters. The van der Waals surface area contributed by atoms with Crippen molar-refractivity contribution in [1.29, 1.82) is 0 Å². The molecular formula is C15H19N.